The van der Waals surface area contributed by atoms with Crippen LogP contribution < -0.4 is 5.73 Å². The monoisotopic (exact) mass is 172 g/mol. The van der Waals surface area contributed by atoms with Crippen molar-refractivity contribution in [2.75, 3.05) is 6.54 Å². The summed E-state index contributed by atoms with van der Waals surface area (Å²) in [5, 5.41) is 9.17. The quantitative estimate of drug-likeness (QED) is 0.502. The Morgan fingerprint density at radius 2 is 2.17 bits per heavy atom. The van der Waals surface area contributed by atoms with E-state index in [2.05, 4.69) is 0 Å². The third kappa shape index (κ3) is 1.55. The molecule has 0 bridgehead atoms. The molecule has 1 heterocycles. The van der Waals surface area contributed by atoms with Gasteiger partial charge < -0.3 is 15.7 Å². The molecule has 5 heteroatoms. The topological polar surface area (TPSA) is 83.6 Å². The number of β-amino-alcohol motifs (C(OH)–C–C–N with tert-alkyl or cyclic N) is 1. The highest BCUT2D eigenvalue weighted by Crippen LogP contribution is 2.17. The maximum absolute atomic E-state index is 10.9. The lowest BCUT2D eigenvalue weighted by molar-refractivity contribution is -0.135. The SMILES string of the molecule is CC(=O)N1C[C@@H](O)C[C@H]1C(N)=O. The number of hydrogen-bond donors (Lipinski definition) is 2. The van der Waals surface area contributed by atoms with Gasteiger partial charge >= 0.3 is 0 Å². The Bertz CT molecular complexity index is 195. The van der Waals surface area contributed by atoms with Gasteiger partial charge in [0, 0.05) is 19.9 Å². The molecule has 0 aromatic carbocycles. The number of aliphatic hydroxyl groups is 1. The fraction of sp³-hybridized carbons (Fsp3) is 0.714. The maximum atomic E-state index is 10.9. The fourth-order valence-corrected chi connectivity index (χ4v) is 1.43. The first-order chi connectivity index (χ1) is 5.52. The number of amides is 2. The van der Waals surface area contributed by atoms with Crippen molar-refractivity contribution >= 4 is 11.8 Å². The number of aliphatic hydroxyl groups excluding tert-OH is 1. The number of nitrogens with zero attached hydrogens (tertiary/aromatic N) is 1. The van der Waals surface area contributed by atoms with Gasteiger partial charge in [0.25, 0.3) is 0 Å². The summed E-state index contributed by atoms with van der Waals surface area (Å²) in [5.41, 5.74) is 5.04. The predicted octanol–water partition coefficient (Wildman–Crippen LogP) is -1.55. The summed E-state index contributed by atoms with van der Waals surface area (Å²) in [5.74, 6) is -0.780. The molecule has 0 aliphatic carbocycles. The van der Waals surface area contributed by atoms with Gasteiger partial charge in [-0.25, -0.2) is 0 Å². The van der Waals surface area contributed by atoms with E-state index in [1.807, 2.05) is 0 Å². The van der Waals surface area contributed by atoms with E-state index < -0.39 is 18.1 Å². The second-order valence-electron chi connectivity index (χ2n) is 2.98. The van der Waals surface area contributed by atoms with Crippen molar-refractivity contribution in [1.29, 1.82) is 0 Å². The molecule has 5 nitrogen and oxygen atoms in total. The van der Waals surface area contributed by atoms with Crippen LogP contribution in [0.15, 0.2) is 0 Å². The van der Waals surface area contributed by atoms with Crippen LogP contribution in [0, 0.1) is 0 Å². The van der Waals surface area contributed by atoms with Crippen molar-refractivity contribution in [3.8, 4) is 0 Å². The second kappa shape index (κ2) is 3.10. The molecular weight excluding hydrogens is 160 g/mol. The van der Waals surface area contributed by atoms with Crippen molar-refractivity contribution in [2.24, 2.45) is 5.73 Å². The molecule has 1 rings (SSSR count). The van der Waals surface area contributed by atoms with Crippen LogP contribution in [0.5, 0.6) is 0 Å². The minimum absolute atomic E-state index is 0.211. The predicted molar refractivity (Wildman–Crippen MR) is 41.0 cm³/mol. The molecule has 0 radical (unpaired) electrons. The largest absolute Gasteiger partial charge is 0.391 e. The highest BCUT2D eigenvalue weighted by Gasteiger charge is 2.35. The van der Waals surface area contributed by atoms with Crippen LogP contribution in [0.25, 0.3) is 0 Å². The summed E-state index contributed by atoms with van der Waals surface area (Å²) in [6.45, 7) is 1.57. The van der Waals surface area contributed by atoms with E-state index in [0.717, 1.165) is 0 Å². The number of carbonyl (C=O) groups is 2. The molecule has 0 saturated carbocycles. The van der Waals surface area contributed by atoms with E-state index in [1.54, 1.807) is 0 Å². The normalized spacial score (nSPS) is 29.0. The highest BCUT2D eigenvalue weighted by atomic mass is 16.3. The van der Waals surface area contributed by atoms with Gasteiger partial charge in [-0.05, 0) is 0 Å². The Morgan fingerprint density at radius 1 is 1.58 bits per heavy atom. The second-order valence-corrected chi connectivity index (χ2v) is 2.98. The Kier molecular flexibility index (Phi) is 2.32. The molecule has 1 aliphatic rings. The smallest absolute Gasteiger partial charge is 0.240 e. The summed E-state index contributed by atoms with van der Waals surface area (Å²) >= 11 is 0. The van der Waals surface area contributed by atoms with E-state index in [1.165, 1.54) is 11.8 Å². The van der Waals surface area contributed by atoms with Crippen LogP contribution in [0.2, 0.25) is 0 Å². The van der Waals surface area contributed by atoms with Crippen molar-refractivity contribution in [3.05, 3.63) is 0 Å². The van der Waals surface area contributed by atoms with E-state index in [9.17, 15) is 9.59 Å². The Balaban J connectivity index is 2.72. The van der Waals surface area contributed by atoms with Gasteiger partial charge in [0.2, 0.25) is 11.8 Å². The van der Waals surface area contributed by atoms with Gasteiger partial charge in [-0.15, -0.1) is 0 Å². The van der Waals surface area contributed by atoms with Gasteiger partial charge in [-0.2, -0.15) is 0 Å². The first-order valence-corrected chi connectivity index (χ1v) is 3.77. The summed E-state index contributed by atoms with van der Waals surface area (Å²) in [4.78, 5) is 23.0. The van der Waals surface area contributed by atoms with Gasteiger partial charge in [0.15, 0.2) is 0 Å². The van der Waals surface area contributed by atoms with Crippen molar-refractivity contribution < 1.29 is 14.7 Å². The van der Waals surface area contributed by atoms with Gasteiger partial charge in [-0.1, -0.05) is 0 Å². The summed E-state index contributed by atoms with van der Waals surface area (Å²) < 4.78 is 0. The zero-order valence-corrected chi connectivity index (χ0v) is 6.86. The third-order valence-electron chi connectivity index (χ3n) is 2.01. The average molecular weight is 172 g/mol. The van der Waals surface area contributed by atoms with Gasteiger partial charge in [-0.3, -0.25) is 9.59 Å². The maximum Gasteiger partial charge on any atom is 0.240 e. The molecule has 0 spiro atoms. The summed E-state index contributed by atoms with van der Waals surface area (Å²) in [7, 11) is 0. The molecule has 1 aliphatic heterocycles. The number of primary amides is 1. The Morgan fingerprint density at radius 3 is 2.50 bits per heavy atom. The number of rotatable bonds is 1. The molecule has 1 fully saturated rings. The first kappa shape index (κ1) is 8.99. The molecular formula is C7H12N2O3. The zero-order valence-electron chi connectivity index (χ0n) is 6.86. The van der Waals surface area contributed by atoms with Crippen LogP contribution in [0.1, 0.15) is 13.3 Å². The molecule has 68 valence electrons. The molecule has 2 amide bonds. The number of nitrogens with two attached hydrogens (primary N) is 1. The van der Waals surface area contributed by atoms with E-state index in [4.69, 9.17) is 10.8 Å². The van der Waals surface area contributed by atoms with Gasteiger partial charge in [0.1, 0.15) is 6.04 Å². The van der Waals surface area contributed by atoms with Crippen LogP contribution in [-0.4, -0.2) is 40.5 Å². The van der Waals surface area contributed by atoms with Crippen molar-refractivity contribution in [3.63, 3.8) is 0 Å². The van der Waals surface area contributed by atoms with Crippen LogP contribution >= 0.6 is 0 Å². The average Bonchev–Trinajstić information content (AvgIpc) is 2.31. The Labute approximate surface area is 70.1 Å². The number of hydrogen-bond acceptors (Lipinski definition) is 3. The number of carbonyl (C=O) groups excluding carboxylic acids is 2. The molecule has 0 aromatic rings. The molecule has 3 N–H and O–H groups in total. The zero-order chi connectivity index (χ0) is 9.30. The molecule has 1 saturated heterocycles. The lowest BCUT2D eigenvalue weighted by Gasteiger charge is -2.19. The first-order valence-electron chi connectivity index (χ1n) is 3.77. The lowest BCUT2D eigenvalue weighted by Crippen LogP contribution is -2.42. The molecule has 0 aromatic heterocycles. The van der Waals surface area contributed by atoms with Crippen LogP contribution in [0.3, 0.4) is 0 Å². The van der Waals surface area contributed by atoms with Crippen molar-refractivity contribution in [1.82, 2.24) is 4.90 Å². The summed E-state index contributed by atoms with van der Waals surface area (Å²) in [6, 6.07) is -0.627. The Hall–Kier alpha value is -1.10. The summed E-state index contributed by atoms with van der Waals surface area (Å²) in [6.07, 6.45) is -0.360. The lowest BCUT2D eigenvalue weighted by atomic mass is 10.2. The fourth-order valence-electron chi connectivity index (χ4n) is 1.43. The van der Waals surface area contributed by atoms with Gasteiger partial charge in [0.05, 0.1) is 6.10 Å². The van der Waals surface area contributed by atoms with Crippen LogP contribution in [0.4, 0.5) is 0 Å². The van der Waals surface area contributed by atoms with E-state index in [-0.39, 0.29) is 18.9 Å². The standard InChI is InChI=1S/C7H12N2O3/c1-4(10)9-3-5(11)2-6(9)7(8)12/h5-6,11H,2-3H2,1H3,(H2,8,12)/t5-,6-/m0/s1. The molecule has 12 heavy (non-hydrogen) atoms. The van der Waals surface area contributed by atoms with E-state index >= 15 is 0 Å². The molecule has 0 unspecified atom stereocenters. The molecule has 2 atom stereocenters. The third-order valence-corrected chi connectivity index (χ3v) is 2.01. The van der Waals surface area contributed by atoms with Crippen LogP contribution in [-0.2, 0) is 9.59 Å². The van der Waals surface area contributed by atoms with E-state index in [0.29, 0.717) is 0 Å². The number of likely N-dealkylation sites (tertiary alicyclic amines) is 1. The minimum atomic E-state index is -0.627. The minimum Gasteiger partial charge on any atom is -0.391 e. The highest BCUT2D eigenvalue weighted by molar-refractivity contribution is 5.86. The van der Waals surface area contributed by atoms with Crippen molar-refractivity contribution in [2.45, 2.75) is 25.5 Å².